The van der Waals surface area contributed by atoms with Crippen molar-refractivity contribution < 1.29 is 0 Å². The van der Waals surface area contributed by atoms with Crippen LogP contribution >= 0.6 is 0 Å². The summed E-state index contributed by atoms with van der Waals surface area (Å²) in [5, 5.41) is 3.58. The van der Waals surface area contributed by atoms with Crippen molar-refractivity contribution in [3.05, 3.63) is 35.4 Å². The number of hydrogen-bond acceptors (Lipinski definition) is 2. The van der Waals surface area contributed by atoms with E-state index in [0.717, 1.165) is 32.1 Å². The fraction of sp³-hybridized carbons (Fsp3) is 0.684. The van der Waals surface area contributed by atoms with Crippen LogP contribution in [0, 0.1) is 11.8 Å². The highest BCUT2D eigenvalue weighted by Crippen LogP contribution is 2.27. The summed E-state index contributed by atoms with van der Waals surface area (Å²) in [5.74, 6) is 1.67. The third kappa shape index (κ3) is 5.44. The highest BCUT2D eigenvalue weighted by molar-refractivity contribution is 5.27. The first-order valence-electron chi connectivity index (χ1n) is 8.69. The van der Waals surface area contributed by atoms with E-state index in [0.29, 0.717) is 5.92 Å². The second kappa shape index (κ2) is 8.55. The van der Waals surface area contributed by atoms with Crippen LogP contribution in [0.2, 0.25) is 0 Å². The number of hydrogen-bond donors (Lipinski definition) is 1. The van der Waals surface area contributed by atoms with E-state index in [1.54, 1.807) is 0 Å². The number of benzene rings is 1. The first kappa shape index (κ1) is 16.5. The second-order valence-corrected chi connectivity index (χ2v) is 6.92. The van der Waals surface area contributed by atoms with Gasteiger partial charge in [-0.1, -0.05) is 51.5 Å². The Morgan fingerprint density at radius 2 is 1.90 bits per heavy atom. The van der Waals surface area contributed by atoms with Crippen molar-refractivity contribution in [3.8, 4) is 0 Å². The summed E-state index contributed by atoms with van der Waals surface area (Å²) < 4.78 is 0. The van der Waals surface area contributed by atoms with Crippen LogP contribution in [0.3, 0.4) is 0 Å². The Kier molecular flexibility index (Phi) is 6.72. The zero-order valence-electron chi connectivity index (χ0n) is 14.1. The molecule has 1 aromatic rings. The predicted molar refractivity (Wildman–Crippen MR) is 91.3 cm³/mol. The molecule has 0 heterocycles. The quantitative estimate of drug-likeness (QED) is 0.737. The van der Waals surface area contributed by atoms with Crippen molar-refractivity contribution in [2.24, 2.45) is 11.8 Å². The summed E-state index contributed by atoms with van der Waals surface area (Å²) in [5.41, 5.74) is 2.96. The van der Waals surface area contributed by atoms with E-state index < -0.39 is 0 Å². The van der Waals surface area contributed by atoms with E-state index in [4.69, 9.17) is 0 Å². The molecular weight excluding hydrogens is 256 g/mol. The van der Waals surface area contributed by atoms with Crippen LogP contribution in [-0.4, -0.2) is 24.5 Å². The molecule has 0 unspecified atom stereocenters. The molecule has 0 radical (unpaired) electrons. The second-order valence-electron chi connectivity index (χ2n) is 6.92. The highest BCUT2D eigenvalue weighted by atomic mass is 15.1. The maximum absolute atomic E-state index is 3.58. The monoisotopic (exact) mass is 288 g/mol. The average Bonchev–Trinajstić information content (AvgIpc) is 2.42. The van der Waals surface area contributed by atoms with Crippen molar-refractivity contribution in [1.29, 1.82) is 0 Å². The van der Waals surface area contributed by atoms with Gasteiger partial charge in [0.15, 0.2) is 0 Å². The molecule has 2 nitrogen and oxygen atoms in total. The fourth-order valence-corrected chi connectivity index (χ4v) is 2.97. The van der Waals surface area contributed by atoms with Gasteiger partial charge in [0.25, 0.3) is 0 Å². The van der Waals surface area contributed by atoms with E-state index in [9.17, 15) is 0 Å². The van der Waals surface area contributed by atoms with Gasteiger partial charge in [-0.25, -0.2) is 0 Å². The number of nitrogens with one attached hydrogen (secondary N) is 1. The molecule has 0 saturated heterocycles. The van der Waals surface area contributed by atoms with Crippen LogP contribution in [0.5, 0.6) is 0 Å². The highest BCUT2D eigenvalue weighted by Gasteiger charge is 2.20. The third-order valence-corrected chi connectivity index (χ3v) is 4.57. The largest absolute Gasteiger partial charge is 0.312 e. The van der Waals surface area contributed by atoms with E-state index in [1.807, 2.05) is 0 Å². The summed E-state index contributed by atoms with van der Waals surface area (Å²) in [4.78, 5) is 2.62. The molecule has 1 fully saturated rings. The van der Waals surface area contributed by atoms with Gasteiger partial charge < -0.3 is 5.32 Å². The molecule has 0 amide bonds. The van der Waals surface area contributed by atoms with Crippen LogP contribution in [0.15, 0.2) is 24.3 Å². The molecule has 0 atom stereocenters. The van der Waals surface area contributed by atoms with Gasteiger partial charge in [-0.2, -0.15) is 0 Å². The third-order valence-electron chi connectivity index (χ3n) is 4.57. The van der Waals surface area contributed by atoms with Crippen LogP contribution < -0.4 is 5.32 Å². The average molecular weight is 288 g/mol. The van der Waals surface area contributed by atoms with Crippen molar-refractivity contribution >= 4 is 0 Å². The molecule has 1 aliphatic carbocycles. The van der Waals surface area contributed by atoms with Gasteiger partial charge in [-0.15, -0.1) is 0 Å². The van der Waals surface area contributed by atoms with Crippen molar-refractivity contribution in [2.75, 3.05) is 19.6 Å². The lowest BCUT2D eigenvalue weighted by molar-refractivity contribution is 0.178. The van der Waals surface area contributed by atoms with Crippen LogP contribution in [0.1, 0.15) is 51.2 Å². The van der Waals surface area contributed by atoms with Gasteiger partial charge in [0.2, 0.25) is 0 Å². The van der Waals surface area contributed by atoms with E-state index in [2.05, 4.69) is 55.3 Å². The number of rotatable bonds is 9. The van der Waals surface area contributed by atoms with E-state index in [1.165, 1.54) is 36.9 Å². The summed E-state index contributed by atoms with van der Waals surface area (Å²) in [6, 6.07) is 8.92. The van der Waals surface area contributed by atoms with Gasteiger partial charge in [-0.3, -0.25) is 4.90 Å². The van der Waals surface area contributed by atoms with Gasteiger partial charge in [-0.05, 0) is 48.9 Å². The van der Waals surface area contributed by atoms with Gasteiger partial charge in [0.05, 0.1) is 0 Å². The topological polar surface area (TPSA) is 15.3 Å². The molecule has 2 heteroatoms. The van der Waals surface area contributed by atoms with Crippen molar-refractivity contribution in [1.82, 2.24) is 10.2 Å². The fourth-order valence-electron chi connectivity index (χ4n) is 2.97. The maximum atomic E-state index is 3.58. The SMILES string of the molecule is CCN(Cc1ccccc1CNCC(C)C)CC1CCC1. The minimum Gasteiger partial charge on any atom is -0.312 e. The van der Waals surface area contributed by atoms with Gasteiger partial charge in [0, 0.05) is 19.6 Å². The Morgan fingerprint density at radius 3 is 2.48 bits per heavy atom. The lowest BCUT2D eigenvalue weighted by atomic mass is 9.85. The molecule has 1 aliphatic rings. The van der Waals surface area contributed by atoms with Crippen molar-refractivity contribution in [3.63, 3.8) is 0 Å². The normalized spacial score (nSPS) is 15.7. The molecule has 118 valence electrons. The Labute approximate surface area is 130 Å². The van der Waals surface area contributed by atoms with Crippen molar-refractivity contribution in [2.45, 2.75) is 53.1 Å². The molecule has 0 aromatic heterocycles. The molecular formula is C19H32N2. The Hall–Kier alpha value is -0.860. The molecule has 1 N–H and O–H groups in total. The minimum absolute atomic E-state index is 0.711. The Morgan fingerprint density at radius 1 is 1.19 bits per heavy atom. The van der Waals surface area contributed by atoms with E-state index in [-0.39, 0.29) is 0 Å². The smallest absolute Gasteiger partial charge is 0.0236 e. The van der Waals surface area contributed by atoms with Crippen LogP contribution in [-0.2, 0) is 13.1 Å². The van der Waals surface area contributed by atoms with Gasteiger partial charge >= 0.3 is 0 Å². The Bertz CT molecular complexity index is 410. The summed E-state index contributed by atoms with van der Waals surface area (Å²) in [6.45, 7) is 12.4. The molecule has 1 saturated carbocycles. The lowest BCUT2D eigenvalue weighted by Gasteiger charge is -2.32. The van der Waals surface area contributed by atoms with E-state index >= 15 is 0 Å². The lowest BCUT2D eigenvalue weighted by Crippen LogP contribution is -2.32. The van der Waals surface area contributed by atoms with Crippen LogP contribution in [0.4, 0.5) is 0 Å². The molecule has 0 bridgehead atoms. The summed E-state index contributed by atoms with van der Waals surface area (Å²) in [6.07, 6.45) is 4.32. The Balaban J connectivity index is 1.90. The zero-order chi connectivity index (χ0) is 15.1. The predicted octanol–water partition coefficient (Wildman–Crippen LogP) is 4.05. The summed E-state index contributed by atoms with van der Waals surface area (Å²) >= 11 is 0. The molecule has 1 aromatic carbocycles. The number of nitrogens with zero attached hydrogens (tertiary/aromatic N) is 1. The minimum atomic E-state index is 0.711. The summed E-state index contributed by atoms with van der Waals surface area (Å²) in [7, 11) is 0. The first-order valence-corrected chi connectivity index (χ1v) is 8.69. The molecule has 0 spiro atoms. The molecule has 0 aliphatic heterocycles. The van der Waals surface area contributed by atoms with Crippen LogP contribution in [0.25, 0.3) is 0 Å². The zero-order valence-corrected chi connectivity index (χ0v) is 14.1. The maximum Gasteiger partial charge on any atom is 0.0236 e. The van der Waals surface area contributed by atoms with Gasteiger partial charge in [0.1, 0.15) is 0 Å². The molecule has 21 heavy (non-hydrogen) atoms. The standard InChI is InChI=1S/C19H32N2/c1-4-21(14-17-8-7-9-17)15-19-11-6-5-10-18(19)13-20-12-16(2)3/h5-6,10-11,16-17,20H,4,7-9,12-15H2,1-3H3. The first-order chi connectivity index (χ1) is 10.2. The molecule has 2 rings (SSSR count).